The van der Waals surface area contributed by atoms with Crippen molar-refractivity contribution in [1.82, 2.24) is 4.72 Å². The molecule has 1 aromatic rings. The molecule has 1 aliphatic carbocycles. The molecule has 0 unspecified atom stereocenters. The van der Waals surface area contributed by atoms with Crippen molar-refractivity contribution in [2.75, 3.05) is 0 Å². The van der Waals surface area contributed by atoms with Gasteiger partial charge < -0.3 is 0 Å². The van der Waals surface area contributed by atoms with Crippen molar-refractivity contribution in [3.8, 4) is 0 Å². The van der Waals surface area contributed by atoms with Crippen LogP contribution in [0.2, 0.25) is 0 Å². The summed E-state index contributed by atoms with van der Waals surface area (Å²) in [6.07, 6.45) is 3.42. The van der Waals surface area contributed by atoms with Crippen LogP contribution in [0.1, 0.15) is 25.7 Å². The zero-order valence-corrected chi connectivity index (χ0v) is 10.8. The minimum absolute atomic E-state index is 0.144. The highest BCUT2D eigenvalue weighted by Gasteiger charge is 2.25. The van der Waals surface area contributed by atoms with Crippen LogP contribution in [0.25, 0.3) is 0 Å². The largest absolute Gasteiger partial charge is 0.306 e. The molecule has 0 amide bonds. The van der Waals surface area contributed by atoms with Crippen molar-refractivity contribution in [2.24, 2.45) is 0 Å². The summed E-state index contributed by atoms with van der Waals surface area (Å²) in [7, 11) is -3.84. The van der Waals surface area contributed by atoms with Crippen LogP contribution in [-0.2, 0) is 10.0 Å². The van der Waals surface area contributed by atoms with Gasteiger partial charge in [0.25, 0.3) is 0 Å². The standard InChI is InChI=1S/C11H13FN2O4S/c12-10-6-5-9(7-11(10)14(15)16)19(17,18)13-8-3-1-2-4-8/h5-8,13H,1-4H2. The van der Waals surface area contributed by atoms with Crippen LogP contribution in [-0.4, -0.2) is 19.4 Å². The van der Waals surface area contributed by atoms with E-state index in [4.69, 9.17) is 0 Å². The SMILES string of the molecule is O=[N+]([O-])c1cc(S(=O)(=O)NC2CCCC2)ccc1F. The second-order valence-electron chi connectivity index (χ2n) is 4.47. The Morgan fingerprint density at radius 3 is 2.53 bits per heavy atom. The molecule has 0 atom stereocenters. The molecular formula is C11H13FN2O4S. The predicted octanol–water partition coefficient (Wildman–Crippen LogP) is 1.95. The van der Waals surface area contributed by atoms with Gasteiger partial charge in [-0.1, -0.05) is 12.8 Å². The molecule has 19 heavy (non-hydrogen) atoms. The van der Waals surface area contributed by atoms with E-state index in [9.17, 15) is 22.9 Å². The van der Waals surface area contributed by atoms with Crippen LogP contribution in [0.4, 0.5) is 10.1 Å². The van der Waals surface area contributed by atoms with E-state index in [0.717, 1.165) is 43.9 Å². The number of halogens is 1. The second-order valence-corrected chi connectivity index (χ2v) is 6.19. The highest BCUT2D eigenvalue weighted by molar-refractivity contribution is 7.89. The van der Waals surface area contributed by atoms with E-state index < -0.39 is 26.5 Å². The summed E-state index contributed by atoms with van der Waals surface area (Å²) in [5, 5.41) is 10.6. The van der Waals surface area contributed by atoms with Crippen LogP contribution >= 0.6 is 0 Å². The lowest BCUT2D eigenvalue weighted by Crippen LogP contribution is -2.32. The molecule has 0 bridgehead atoms. The molecule has 0 aliphatic heterocycles. The molecule has 1 aliphatic rings. The maximum absolute atomic E-state index is 13.2. The molecular weight excluding hydrogens is 275 g/mol. The number of hydrogen-bond acceptors (Lipinski definition) is 4. The normalized spacial score (nSPS) is 16.7. The molecule has 0 heterocycles. The van der Waals surface area contributed by atoms with Crippen molar-refractivity contribution in [2.45, 2.75) is 36.6 Å². The Hall–Kier alpha value is -1.54. The Kier molecular flexibility index (Phi) is 3.81. The number of hydrogen-bond donors (Lipinski definition) is 1. The molecule has 8 heteroatoms. The van der Waals surface area contributed by atoms with E-state index in [1.165, 1.54) is 0 Å². The van der Waals surface area contributed by atoms with Gasteiger partial charge in [-0.15, -0.1) is 0 Å². The quantitative estimate of drug-likeness (QED) is 0.677. The minimum atomic E-state index is -3.84. The van der Waals surface area contributed by atoms with Gasteiger partial charge in [-0.3, -0.25) is 10.1 Å². The molecule has 1 saturated carbocycles. The first-order valence-electron chi connectivity index (χ1n) is 5.86. The third-order valence-electron chi connectivity index (χ3n) is 3.10. The van der Waals surface area contributed by atoms with Gasteiger partial charge in [0.05, 0.1) is 9.82 Å². The third-order valence-corrected chi connectivity index (χ3v) is 4.62. The summed E-state index contributed by atoms with van der Waals surface area (Å²) in [5.41, 5.74) is -0.839. The summed E-state index contributed by atoms with van der Waals surface area (Å²) in [5.74, 6) is -1.05. The zero-order chi connectivity index (χ0) is 14.0. The third kappa shape index (κ3) is 3.07. The van der Waals surface area contributed by atoms with E-state index in [0.29, 0.717) is 0 Å². The van der Waals surface area contributed by atoms with Crippen LogP contribution in [0.15, 0.2) is 23.1 Å². The predicted molar refractivity (Wildman–Crippen MR) is 65.6 cm³/mol. The number of sulfonamides is 1. The molecule has 1 aromatic carbocycles. The van der Waals surface area contributed by atoms with E-state index in [1.54, 1.807) is 0 Å². The Labute approximate surface area is 109 Å². The Morgan fingerprint density at radius 1 is 1.32 bits per heavy atom. The Balaban J connectivity index is 2.29. The first-order chi connectivity index (χ1) is 8.90. The molecule has 1 fully saturated rings. The fourth-order valence-corrected chi connectivity index (χ4v) is 3.46. The molecule has 0 radical (unpaired) electrons. The minimum Gasteiger partial charge on any atom is -0.258 e. The lowest BCUT2D eigenvalue weighted by atomic mass is 10.3. The molecule has 0 spiro atoms. The summed E-state index contributed by atoms with van der Waals surface area (Å²) in [4.78, 5) is 9.37. The Morgan fingerprint density at radius 2 is 1.95 bits per heavy atom. The van der Waals surface area contributed by atoms with E-state index in [-0.39, 0.29) is 10.9 Å². The van der Waals surface area contributed by atoms with Gasteiger partial charge in [-0.05, 0) is 25.0 Å². The maximum atomic E-state index is 13.2. The van der Waals surface area contributed by atoms with Gasteiger partial charge in [0.15, 0.2) is 0 Å². The van der Waals surface area contributed by atoms with Gasteiger partial charge in [0.2, 0.25) is 15.8 Å². The first-order valence-corrected chi connectivity index (χ1v) is 7.35. The topological polar surface area (TPSA) is 89.3 Å². The smallest absolute Gasteiger partial charge is 0.258 e. The van der Waals surface area contributed by atoms with Crippen molar-refractivity contribution in [3.63, 3.8) is 0 Å². The highest BCUT2D eigenvalue weighted by atomic mass is 32.2. The van der Waals surface area contributed by atoms with E-state index >= 15 is 0 Å². The number of rotatable bonds is 4. The summed E-state index contributed by atoms with van der Waals surface area (Å²) < 4.78 is 39.7. The maximum Gasteiger partial charge on any atom is 0.306 e. The van der Waals surface area contributed by atoms with Crippen molar-refractivity contribution in [1.29, 1.82) is 0 Å². The Bertz CT molecular complexity index is 597. The second kappa shape index (κ2) is 5.22. The van der Waals surface area contributed by atoms with E-state index in [2.05, 4.69) is 4.72 Å². The summed E-state index contributed by atoms with van der Waals surface area (Å²) >= 11 is 0. The number of nitrogens with zero attached hydrogens (tertiary/aromatic N) is 1. The van der Waals surface area contributed by atoms with Crippen LogP contribution < -0.4 is 4.72 Å². The molecule has 0 saturated heterocycles. The monoisotopic (exact) mass is 288 g/mol. The van der Waals surface area contributed by atoms with Gasteiger partial charge >= 0.3 is 5.69 Å². The number of nitro groups is 1. The highest BCUT2D eigenvalue weighted by Crippen LogP contribution is 2.24. The van der Waals surface area contributed by atoms with Gasteiger partial charge in [-0.2, -0.15) is 4.39 Å². The lowest BCUT2D eigenvalue weighted by molar-refractivity contribution is -0.387. The van der Waals surface area contributed by atoms with Crippen molar-refractivity contribution in [3.05, 3.63) is 34.1 Å². The number of benzene rings is 1. The molecule has 2 rings (SSSR count). The van der Waals surface area contributed by atoms with Gasteiger partial charge in [0, 0.05) is 12.1 Å². The van der Waals surface area contributed by atoms with Crippen molar-refractivity contribution >= 4 is 15.7 Å². The zero-order valence-electron chi connectivity index (χ0n) is 10.0. The van der Waals surface area contributed by atoms with Crippen LogP contribution in [0.3, 0.4) is 0 Å². The van der Waals surface area contributed by atoms with Gasteiger partial charge in [0.1, 0.15) is 0 Å². The lowest BCUT2D eigenvalue weighted by Gasteiger charge is -2.12. The molecule has 0 aromatic heterocycles. The average molecular weight is 288 g/mol. The number of nitrogens with one attached hydrogen (secondary N) is 1. The molecule has 104 valence electrons. The van der Waals surface area contributed by atoms with E-state index in [1.807, 2.05) is 0 Å². The number of nitro benzene ring substituents is 1. The fraction of sp³-hybridized carbons (Fsp3) is 0.455. The van der Waals surface area contributed by atoms with Crippen LogP contribution in [0.5, 0.6) is 0 Å². The van der Waals surface area contributed by atoms with Gasteiger partial charge in [-0.25, -0.2) is 13.1 Å². The summed E-state index contributed by atoms with van der Waals surface area (Å²) in [6, 6.07) is 2.42. The first kappa shape index (κ1) is 13.9. The average Bonchev–Trinajstić information content (AvgIpc) is 2.80. The van der Waals surface area contributed by atoms with Crippen molar-refractivity contribution < 1.29 is 17.7 Å². The summed E-state index contributed by atoms with van der Waals surface area (Å²) in [6.45, 7) is 0. The molecule has 1 N–H and O–H groups in total. The van der Waals surface area contributed by atoms with Crippen LogP contribution in [0, 0.1) is 15.9 Å². The molecule has 6 nitrogen and oxygen atoms in total. The fourth-order valence-electron chi connectivity index (χ4n) is 2.13.